The van der Waals surface area contributed by atoms with Gasteiger partial charge in [-0.25, -0.2) is 14.0 Å². The zero-order valence-corrected chi connectivity index (χ0v) is 17.6. The first kappa shape index (κ1) is 22.0. The molecule has 1 amide bonds. The van der Waals surface area contributed by atoms with Crippen molar-refractivity contribution in [3.05, 3.63) is 58.8 Å². The normalized spacial score (nSPS) is 10.7. The van der Waals surface area contributed by atoms with E-state index in [2.05, 4.69) is 17.4 Å². The van der Waals surface area contributed by atoms with Gasteiger partial charge in [-0.3, -0.25) is 4.90 Å². The molecule has 2 aromatic carbocycles. The van der Waals surface area contributed by atoms with Crippen LogP contribution >= 0.6 is 0 Å². The largest absolute Gasteiger partial charge is 0.494 e. The minimum atomic E-state index is -0.920. The lowest BCUT2D eigenvalue weighted by Gasteiger charge is -2.22. The summed E-state index contributed by atoms with van der Waals surface area (Å²) in [5, 5.41) is 7.36. The summed E-state index contributed by atoms with van der Waals surface area (Å²) >= 11 is 0. The maximum atomic E-state index is 14.4. The molecule has 0 radical (unpaired) electrons. The lowest BCUT2D eigenvalue weighted by Crippen LogP contribution is -2.41. The van der Waals surface area contributed by atoms with E-state index in [4.69, 9.17) is 9.47 Å². The number of nitrogens with zero attached hydrogens (tertiary/aromatic N) is 5. The van der Waals surface area contributed by atoms with Crippen LogP contribution in [0.3, 0.4) is 0 Å². The molecule has 0 unspecified atom stereocenters. The third kappa shape index (κ3) is 4.42. The summed E-state index contributed by atoms with van der Waals surface area (Å²) in [5.41, 5.74) is -0.646. The van der Waals surface area contributed by atoms with Gasteiger partial charge in [0.15, 0.2) is 5.82 Å². The molecule has 31 heavy (non-hydrogen) atoms. The van der Waals surface area contributed by atoms with Gasteiger partial charge >= 0.3 is 11.7 Å². The predicted octanol–water partition coefficient (Wildman–Crippen LogP) is 3.25. The number of unbranched alkanes of at least 4 members (excludes halogenated alkanes) is 1. The van der Waals surface area contributed by atoms with Crippen LogP contribution in [-0.4, -0.2) is 46.1 Å². The van der Waals surface area contributed by atoms with Crippen molar-refractivity contribution in [3.8, 4) is 17.2 Å². The first-order valence-corrected chi connectivity index (χ1v) is 9.95. The van der Waals surface area contributed by atoms with Crippen molar-refractivity contribution in [3.63, 3.8) is 0 Å². The fourth-order valence-electron chi connectivity index (χ4n) is 3.02. The van der Waals surface area contributed by atoms with E-state index < -0.39 is 17.5 Å². The van der Waals surface area contributed by atoms with Crippen LogP contribution in [0.4, 0.5) is 14.9 Å². The lowest BCUT2D eigenvalue weighted by atomic mass is 10.2. The number of tetrazole rings is 1. The first-order chi connectivity index (χ1) is 15.0. The summed E-state index contributed by atoms with van der Waals surface area (Å²) in [6, 6.07) is 10.4. The van der Waals surface area contributed by atoms with Crippen molar-refractivity contribution < 1.29 is 18.7 Å². The molecule has 0 atom stereocenters. The summed E-state index contributed by atoms with van der Waals surface area (Å²) in [4.78, 5) is 27.4. The minimum Gasteiger partial charge on any atom is -0.494 e. The Hall–Kier alpha value is -3.69. The third-order valence-electron chi connectivity index (χ3n) is 4.60. The van der Waals surface area contributed by atoms with E-state index in [1.807, 2.05) is 0 Å². The highest BCUT2D eigenvalue weighted by atomic mass is 19.1. The molecule has 1 aromatic heterocycles. The monoisotopic (exact) mass is 429 g/mol. The number of carbonyl (C=O) groups excluding carboxylic acids is 1. The van der Waals surface area contributed by atoms with Crippen LogP contribution in [-0.2, 0) is 0 Å². The zero-order valence-electron chi connectivity index (χ0n) is 17.6. The molecule has 0 saturated carbocycles. The molecular formula is C21H24FN5O4. The Bertz CT molecular complexity index is 1110. The smallest absolute Gasteiger partial charge is 0.377 e. The molecule has 0 fully saturated rings. The second-order valence-electron chi connectivity index (χ2n) is 6.57. The summed E-state index contributed by atoms with van der Waals surface area (Å²) < 4.78 is 26.6. The van der Waals surface area contributed by atoms with Crippen LogP contribution in [0.25, 0.3) is 5.69 Å². The summed E-state index contributed by atoms with van der Waals surface area (Å²) in [7, 11) is 1.34. The molecule has 0 aliphatic rings. The number of ether oxygens (including phenoxy) is 2. The molecule has 0 aliphatic heterocycles. The molecular weight excluding hydrogens is 405 g/mol. The molecule has 1 heterocycles. The van der Waals surface area contributed by atoms with Gasteiger partial charge in [0, 0.05) is 6.54 Å². The van der Waals surface area contributed by atoms with Gasteiger partial charge in [-0.2, -0.15) is 4.68 Å². The standard InChI is InChI=1S/C21H24FN5O4/c1-4-6-14-31-17-12-8-7-11-16(17)25(5-2)20(28)27-21(29)26(23-24-27)19-15(22)10-9-13-18(19)30-3/h7-13H,4-6,14H2,1-3H3. The van der Waals surface area contributed by atoms with Crippen molar-refractivity contribution in [1.29, 1.82) is 0 Å². The molecule has 0 spiro atoms. The highest BCUT2D eigenvalue weighted by molar-refractivity contribution is 5.94. The van der Waals surface area contributed by atoms with Crippen LogP contribution in [0.5, 0.6) is 11.5 Å². The Kier molecular flexibility index (Phi) is 7.01. The van der Waals surface area contributed by atoms with E-state index >= 15 is 0 Å². The number of amides is 1. The van der Waals surface area contributed by atoms with Gasteiger partial charge in [-0.1, -0.05) is 31.5 Å². The van der Waals surface area contributed by atoms with E-state index in [1.54, 1.807) is 31.2 Å². The minimum absolute atomic E-state index is 0.0867. The van der Waals surface area contributed by atoms with Crippen LogP contribution in [0.2, 0.25) is 0 Å². The number of halogens is 1. The lowest BCUT2D eigenvalue weighted by molar-refractivity contribution is 0.243. The van der Waals surface area contributed by atoms with Crippen molar-refractivity contribution >= 4 is 11.7 Å². The molecule has 9 nitrogen and oxygen atoms in total. The van der Waals surface area contributed by atoms with Gasteiger partial charge < -0.3 is 9.47 Å². The second-order valence-corrected chi connectivity index (χ2v) is 6.57. The van der Waals surface area contributed by atoms with Crippen molar-refractivity contribution in [1.82, 2.24) is 19.8 Å². The average molecular weight is 429 g/mol. The number of benzene rings is 2. The summed E-state index contributed by atoms with van der Waals surface area (Å²) in [6.45, 7) is 4.56. The molecule has 0 saturated heterocycles. The Morgan fingerprint density at radius 2 is 1.84 bits per heavy atom. The first-order valence-electron chi connectivity index (χ1n) is 9.95. The molecule has 0 N–H and O–H groups in total. The van der Waals surface area contributed by atoms with Crippen molar-refractivity contribution in [2.24, 2.45) is 0 Å². The number of para-hydroxylation sites is 3. The van der Waals surface area contributed by atoms with Gasteiger partial charge in [-0.05, 0) is 48.0 Å². The number of methoxy groups -OCH3 is 1. The van der Waals surface area contributed by atoms with E-state index in [9.17, 15) is 14.0 Å². The Labute approximate surface area is 178 Å². The van der Waals surface area contributed by atoms with Crippen LogP contribution < -0.4 is 20.1 Å². The number of anilines is 1. The van der Waals surface area contributed by atoms with E-state index in [0.717, 1.165) is 18.9 Å². The summed E-state index contributed by atoms with van der Waals surface area (Å²) in [6.07, 6.45) is 1.84. The third-order valence-corrected chi connectivity index (χ3v) is 4.60. The van der Waals surface area contributed by atoms with Crippen molar-refractivity contribution in [2.45, 2.75) is 26.7 Å². The van der Waals surface area contributed by atoms with E-state index in [1.165, 1.54) is 24.1 Å². The fourth-order valence-corrected chi connectivity index (χ4v) is 3.02. The Morgan fingerprint density at radius 1 is 1.10 bits per heavy atom. The van der Waals surface area contributed by atoms with E-state index in [0.29, 0.717) is 27.4 Å². The number of carbonyl (C=O) groups is 1. The van der Waals surface area contributed by atoms with Crippen LogP contribution in [0.1, 0.15) is 26.7 Å². The SMILES string of the molecule is CCCCOc1ccccc1N(CC)C(=O)n1nnn(-c2c(F)cccc2OC)c1=O. The molecule has 3 rings (SSSR count). The van der Waals surface area contributed by atoms with Gasteiger partial charge in [0.1, 0.15) is 17.2 Å². The van der Waals surface area contributed by atoms with Crippen molar-refractivity contribution in [2.75, 3.05) is 25.2 Å². The average Bonchev–Trinajstić information content (AvgIpc) is 3.16. The Balaban J connectivity index is 1.98. The Morgan fingerprint density at radius 3 is 2.55 bits per heavy atom. The predicted molar refractivity (Wildman–Crippen MR) is 113 cm³/mol. The summed E-state index contributed by atoms with van der Waals surface area (Å²) in [5.74, 6) is -0.131. The molecule has 10 heteroatoms. The number of hydrogen-bond donors (Lipinski definition) is 0. The highest BCUT2D eigenvalue weighted by Gasteiger charge is 2.26. The van der Waals surface area contributed by atoms with Gasteiger partial charge in [0.25, 0.3) is 0 Å². The maximum absolute atomic E-state index is 14.4. The number of aromatic nitrogens is 4. The molecule has 0 bridgehead atoms. The van der Waals surface area contributed by atoms with Gasteiger partial charge in [0.2, 0.25) is 0 Å². The van der Waals surface area contributed by atoms with Crippen LogP contribution in [0, 0.1) is 5.82 Å². The second kappa shape index (κ2) is 9.88. The highest BCUT2D eigenvalue weighted by Crippen LogP contribution is 2.29. The van der Waals surface area contributed by atoms with Crippen LogP contribution in [0.15, 0.2) is 47.3 Å². The zero-order chi connectivity index (χ0) is 22.4. The fraction of sp³-hybridized carbons (Fsp3) is 0.333. The van der Waals surface area contributed by atoms with E-state index in [-0.39, 0.29) is 18.0 Å². The topological polar surface area (TPSA) is 91.5 Å². The molecule has 164 valence electrons. The number of hydrogen-bond acceptors (Lipinski definition) is 6. The van der Waals surface area contributed by atoms with Gasteiger partial charge in [-0.15, -0.1) is 4.68 Å². The quantitative estimate of drug-likeness (QED) is 0.403. The maximum Gasteiger partial charge on any atom is 0.377 e. The van der Waals surface area contributed by atoms with Gasteiger partial charge in [0.05, 0.1) is 19.4 Å². The molecule has 0 aliphatic carbocycles. The number of rotatable bonds is 8. The molecule has 3 aromatic rings.